The highest BCUT2D eigenvalue weighted by Gasteiger charge is 2.26. The zero-order valence-electron chi connectivity index (χ0n) is 17.3. The Bertz CT molecular complexity index is 1170. The number of carbonyl (C=O) groups is 1. The van der Waals surface area contributed by atoms with Crippen molar-refractivity contribution in [1.82, 2.24) is 4.98 Å². The van der Waals surface area contributed by atoms with Crippen molar-refractivity contribution in [2.24, 2.45) is 0 Å². The van der Waals surface area contributed by atoms with Gasteiger partial charge >= 0.3 is 5.97 Å². The summed E-state index contributed by atoms with van der Waals surface area (Å²) in [7, 11) is 0. The van der Waals surface area contributed by atoms with Crippen LogP contribution in [0.4, 0.5) is 4.39 Å². The van der Waals surface area contributed by atoms with Gasteiger partial charge in [0.2, 0.25) is 0 Å². The minimum atomic E-state index is -0.736. The number of fused-ring (bicyclic) bond motifs is 1. The zero-order valence-corrected chi connectivity index (χ0v) is 18.1. The first-order valence-corrected chi connectivity index (χ1v) is 10.6. The molecule has 0 radical (unpaired) electrons. The maximum absolute atomic E-state index is 14.9. The fourth-order valence-electron chi connectivity index (χ4n) is 3.96. The molecule has 1 aliphatic heterocycles. The topological polar surface area (TPSA) is 59.4 Å². The molecule has 1 aromatic heterocycles. The quantitative estimate of drug-likeness (QED) is 0.514. The largest absolute Gasteiger partial charge is 0.458 e. The van der Waals surface area contributed by atoms with Crippen LogP contribution in [0.2, 0.25) is 5.02 Å². The highest BCUT2D eigenvalue weighted by molar-refractivity contribution is 6.31. The van der Waals surface area contributed by atoms with Crippen LogP contribution < -0.4 is 0 Å². The molecule has 0 unspecified atom stereocenters. The monoisotopic (exact) mass is 439 g/mol. The smallest absolute Gasteiger partial charge is 0.309 e. The molecule has 0 amide bonds. The number of aromatic nitrogens is 1. The molecule has 4 nitrogen and oxygen atoms in total. The van der Waals surface area contributed by atoms with E-state index in [4.69, 9.17) is 21.3 Å². The van der Waals surface area contributed by atoms with Gasteiger partial charge in [0.15, 0.2) is 0 Å². The molecular weight excluding hydrogens is 417 g/mol. The van der Waals surface area contributed by atoms with Gasteiger partial charge in [-0.3, -0.25) is 9.78 Å². The Kier molecular flexibility index (Phi) is 6.08. The molecule has 31 heavy (non-hydrogen) atoms. The lowest BCUT2D eigenvalue weighted by molar-refractivity contribution is -0.156. The van der Waals surface area contributed by atoms with Crippen LogP contribution in [0.5, 0.6) is 0 Å². The minimum absolute atomic E-state index is 0.00189. The van der Waals surface area contributed by atoms with Crippen LogP contribution >= 0.6 is 11.6 Å². The number of nitrogens with zero attached hydrogens (tertiary/aromatic N) is 1. The highest BCUT2D eigenvalue weighted by Crippen LogP contribution is 2.38. The van der Waals surface area contributed by atoms with Gasteiger partial charge in [-0.1, -0.05) is 49.7 Å². The molecule has 2 atom stereocenters. The van der Waals surface area contributed by atoms with E-state index in [9.17, 15) is 14.3 Å². The van der Waals surface area contributed by atoms with E-state index < -0.39 is 18.2 Å². The van der Waals surface area contributed by atoms with Crippen LogP contribution in [0.15, 0.2) is 48.5 Å². The summed E-state index contributed by atoms with van der Waals surface area (Å²) in [6.45, 7) is 4.05. The van der Waals surface area contributed by atoms with Gasteiger partial charge in [-0.15, -0.1) is 0 Å². The van der Waals surface area contributed by atoms with E-state index in [1.807, 2.05) is 26.0 Å². The van der Waals surface area contributed by atoms with Crippen molar-refractivity contribution in [2.75, 3.05) is 0 Å². The lowest BCUT2D eigenvalue weighted by atomic mass is 9.90. The highest BCUT2D eigenvalue weighted by atomic mass is 35.5. The molecule has 0 aliphatic carbocycles. The van der Waals surface area contributed by atoms with Gasteiger partial charge in [0.1, 0.15) is 11.9 Å². The van der Waals surface area contributed by atoms with Crippen molar-refractivity contribution in [1.29, 1.82) is 0 Å². The summed E-state index contributed by atoms with van der Waals surface area (Å²) in [5.41, 5.74) is 3.40. The number of hydrogen-bond donors (Lipinski definition) is 1. The standard InChI is InChI=1S/C25H23ClFNO3/c1-14(2)25-19(9-8-17-12-16(29)13-23(30)31-17)24(18-5-3-4-6-21(18)27)20-11-15(26)7-10-22(20)28-25/h3-11,14,16-17,29H,12-13H2,1-2H3/b9-8+/t16-,17-/m0/s1. The van der Waals surface area contributed by atoms with Crippen LogP contribution in [0.1, 0.15) is 43.9 Å². The SMILES string of the molecule is CC(C)c1nc2ccc(Cl)cc2c(-c2ccccc2F)c1/C=C/[C@H]1C[C@H](O)CC(=O)O1. The molecular formula is C25H23ClFNO3. The van der Waals surface area contributed by atoms with Crippen molar-refractivity contribution in [3.05, 3.63) is 70.6 Å². The molecule has 2 heterocycles. The number of cyclic esters (lactones) is 1. The van der Waals surface area contributed by atoms with Crippen LogP contribution in [-0.2, 0) is 9.53 Å². The molecule has 1 aliphatic rings. The second kappa shape index (κ2) is 8.77. The third-order valence-corrected chi connectivity index (χ3v) is 5.61. The molecule has 6 heteroatoms. The number of benzene rings is 2. The summed E-state index contributed by atoms with van der Waals surface area (Å²) in [5, 5.41) is 11.2. The molecule has 0 spiro atoms. The summed E-state index contributed by atoms with van der Waals surface area (Å²) < 4.78 is 20.3. The first-order valence-electron chi connectivity index (χ1n) is 10.3. The average Bonchev–Trinajstić information content (AvgIpc) is 2.71. The predicted octanol–water partition coefficient (Wildman–Crippen LogP) is 5.90. The average molecular weight is 440 g/mol. The molecule has 4 rings (SSSR count). The Morgan fingerprint density at radius 3 is 2.74 bits per heavy atom. The Hall–Kier alpha value is -2.76. The van der Waals surface area contributed by atoms with Crippen molar-refractivity contribution in [3.63, 3.8) is 0 Å². The van der Waals surface area contributed by atoms with Crippen LogP contribution in [0, 0.1) is 5.82 Å². The Labute approximate surface area is 185 Å². The van der Waals surface area contributed by atoms with Crippen molar-refractivity contribution in [3.8, 4) is 11.1 Å². The molecule has 160 valence electrons. The summed E-state index contributed by atoms with van der Waals surface area (Å²) >= 11 is 6.28. The van der Waals surface area contributed by atoms with Gasteiger partial charge in [0.05, 0.1) is 23.7 Å². The van der Waals surface area contributed by atoms with E-state index in [1.54, 1.807) is 36.4 Å². The van der Waals surface area contributed by atoms with E-state index in [-0.39, 0.29) is 18.2 Å². The summed E-state index contributed by atoms with van der Waals surface area (Å²) in [4.78, 5) is 16.6. The fraction of sp³-hybridized carbons (Fsp3) is 0.280. The second-order valence-corrected chi connectivity index (χ2v) is 8.50. The van der Waals surface area contributed by atoms with Crippen molar-refractivity contribution < 1.29 is 19.0 Å². The van der Waals surface area contributed by atoms with E-state index >= 15 is 0 Å². The molecule has 0 bridgehead atoms. The number of rotatable bonds is 4. The summed E-state index contributed by atoms with van der Waals surface area (Å²) in [6.07, 6.45) is 2.59. The predicted molar refractivity (Wildman–Crippen MR) is 120 cm³/mol. The Morgan fingerprint density at radius 2 is 2.03 bits per heavy atom. The molecule has 2 aromatic carbocycles. The molecule has 0 saturated carbocycles. The van der Waals surface area contributed by atoms with Gasteiger partial charge in [-0.05, 0) is 36.3 Å². The number of esters is 1. The third kappa shape index (κ3) is 4.48. The number of ether oxygens (including phenoxy) is 1. The number of aliphatic hydroxyl groups excluding tert-OH is 1. The van der Waals surface area contributed by atoms with Crippen LogP contribution in [0.25, 0.3) is 28.1 Å². The Morgan fingerprint density at radius 1 is 1.26 bits per heavy atom. The molecule has 1 N–H and O–H groups in total. The summed E-state index contributed by atoms with van der Waals surface area (Å²) in [5.74, 6) is -0.723. The third-order valence-electron chi connectivity index (χ3n) is 5.37. The van der Waals surface area contributed by atoms with Crippen LogP contribution in [-0.4, -0.2) is 28.3 Å². The number of hydrogen-bond acceptors (Lipinski definition) is 4. The zero-order chi connectivity index (χ0) is 22.1. The van der Waals surface area contributed by atoms with Gasteiger partial charge in [-0.2, -0.15) is 0 Å². The number of halogens is 2. The number of carbonyl (C=O) groups excluding carboxylic acids is 1. The molecule has 1 saturated heterocycles. The lowest BCUT2D eigenvalue weighted by Crippen LogP contribution is -2.31. The first kappa shape index (κ1) is 21.5. The maximum atomic E-state index is 14.9. The normalized spacial score (nSPS) is 19.4. The number of pyridine rings is 1. The maximum Gasteiger partial charge on any atom is 0.309 e. The van der Waals surface area contributed by atoms with E-state index in [1.165, 1.54) is 6.07 Å². The van der Waals surface area contributed by atoms with Crippen molar-refractivity contribution in [2.45, 2.75) is 44.8 Å². The van der Waals surface area contributed by atoms with Crippen molar-refractivity contribution >= 4 is 34.5 Å². The van der Waals surface area contributed by atoms with Gasteiger partial charge in [-0.25, -0.2) is 4.39 Å². The van der Waals surface area contributed by atoms with E-state index in [0.717, 1.165) is 22.2 Å². The lowest BCUT2D eigenvalue weighted by Gasteiger charge is -2.24. The summed E-state index contributed by atoms with van der Waals surface area (Å²) in [6, 6.07) is 12.0. The van der Waals surface area contributed by atoms with E-state index in [2.05, 4.69) is 0 Å². The second-order valence-electron chi connectivity index (χ2n) is 8.06. The fourth-order valence-corrected chi connectivity index (χ4v) is 4.13. The van der Waals surface area contributed by atoms with Gasteiger partial charge in [0.25, 0.3) is 0 Å². The van der Waals surface area contributed by atoms with Gasteiger partial charge < -0.3 is 9.84 Å². The molecule has 3 aromatic rings. The van der Waals surface area contributed by atoms with Gasteiger partial charge in [0, 0.05) is 33.5 Å². The Balaban J connectivity index is 1.97. The number of aliphatic hydroxyl groups is 1. The van der Waals surface area contributed by atoms with E-state index in [0.29, 0.717) is 22.6 Å². The minimum Gasteiger partial charge on any atom is -0.458 e. The molecule has 1 fully saturated rings. The van der Waals surface area contributed by atoms with Crippen LogP contribution in [0.3, 0.4) is 0 Å². The first-order chi connectivity index (χ1) is 14.8.